The summed E-state index contributed by atoms with van der Waals surface area (Å²) in [6, 6.07) is 3.19. The molecular weight excluding hydrogens is 478 g/mol. The number of aliphatic carboxylic acids is 1. The molecule has 4 unspecified atom stereocenters. The number of carbonyl (C=O) groups is 4. The van der Waals surface area contributed by atoms with E-state index in [0.29, 0.717) is 12.0 Å². The maximum atomic E-state index is 12.5. The van der Waals surface area contributed by atoms with E-state index in [1.54, 1.807) is 26.8 Å². The Morgan fingerprint density at radius 2 is 1.38 bits per heavy atom. The van der Waals surface area contributed by atoms with Crippen molar-refractivity contribution in [3.63, 3.8) is 0 Å². The van der Waals surface area contributed by atoms with Gasteiger partial charge in [-0.25, -0.2) is 0 Å². The van der Waals surface area contributed by atoms with Crippen LogP contribution in [0.2, 0.25) is 0 Å². The third-order valence-electron chi connectivity index (χ3n) is 6.25. The van der Waals surface area contributed by atoms with Crippen LogP contribution in [0.5, 0.6) is 11.5 Å². The van der Waals surface area contributed by atoms with Crippen LogP contribution in [0.3, 0.4) is 0 Å². The standard InChI is InChI=1S/C28H43NO8/c1-9-17(6)28(34)35-19(8)18(7)25(26(29)27(32)33)20-10-11-21(36-23(30)12-15(2)3)22(14-20)37-24(31)13-16(4)5/h10-11,14-19,25-26H,9,12-13,29H2,1-8H3,(H,32,33)/t17?,18?,19?,25?,26-/m0/s1. The van der Waals surface area contributed by atoms with E-state index in [1.165, 1.54) is 12.1 Å². The summed E-state index contributed by atoms with van der Waals surface area (Å²) in [6.45, 7) is 14.6. The molecule has 5 atom stereocenters. The smallest absolute Gasteiger partial charge is 0.321 e. The van der Waals surface area contributed by atoms with Crippen LogP contribution in [0, 0.1) is 23.7 Å². The summed E-state index contributed by atoms with van der Waals surface area (Å²) >= 11 is 0. The number of hydrogen-bond acceptors (Lipinski definition) is 8. The largest absolute Gasteiger partial charge is 0.480 e. The van der Waals surface area contributed by atoms with Crippen LogP contribution < -0.4 is 15.2 Å². The van der Waals surface area contributed by atoms with Crippen molar-refractivity contribution in [2.75, 3.05) is 0 Å². The van der Waals surface area contributed by atoms with Gasteiger partial charge in [0.05, 0.1) is 5.92 Å². The monoisotopic (exact) mass is 521 g/mol. The van der Waals surface area contributed by atoms with Gasteiger partial charge in [0.1, 0.15) is 12.1 Å². The average molecular weight is 522 g/mol. The second-order valence-electron chi connectivity index (χ2n) is 10.6. The molecule has 9 nitrogen and oxygen atoms in total. The van der Waals surface area contributed by atoms with Crippen molar-refractivity contribution in [3.8, 4) is 11.5 Å². The third-order valence-corrected chi connectivity index (χ3v) is 6.25. The second kappa shape index (κ2) is 14.7. The molecule has 37 heavy (non-hydrogen) atoms. The van der Waals surface area contributed by atoms with Gasteiger partial charge in [-0.2, -0.15) is 0 Å². The highest BCUT2D eigenvalue weighted by Crippen LogP contribution is 2.37. The topological polar surface area (TPSA) is 142 Å². The molecule has 1 aromatic carbocycles. The first-order valence-corrected chi connectivity index (χ1v) is 12.9. The number of rotatable bonds is 14. The fourth-order valence-corrected chi connectivity index (χ4v) is 3.75. The Kier molecular flexibility index (Phi) is 12.8. The molecule has 0 aliphatic carbocycles. The molecule has 0 aliphatic heterocycles. The Morgan fingerprint density at radius 1 is 0.865 bits per heavy atom. The number of carbonyl (C=O) groups excluding carboxylic acids is 3. The lowest BCUT2D eigenvalue weighted by molar-refractivity contribution is -0.155. The van der Waals surface area contributed by atoms with Gasteiger partial charge in [-0.3, -0.25) is 19.2 Å². The molecule has 208 valence electrons. The van der Waals surface area contributed by atoms with Gasteiger partial charge in [0.25, 0.3) is 0 Å². The minimum Gasteiger partial charge on any atom is -0.480 e. The zero-order valence-corrected chi connectivity index (χ0v) is 23.3. The number of nitrogens with two attached hydrogens (primary N) is 1. The van der Waals surface area contributed by atoms with Gasteiger partial charge in [0.15, 0.2) is 11.5 Å². The number of hydrogen-bond donors (Lipinski definition) is 2. The summed E-state index contributed by atoms with van der Waals surface area (Å²) < 4.78 is 16.6. The van der Waals surface area contributed by atoms with Crippen molar-refractivity contribution in [1.82, 2.24) is 0 Å². The maximum absolute atomic E-state index is 12.5. The van der Waals surface area contributed by atoms with E-state index in [2.05, 4.69) is 0 Å². The van der Waals surface area contributed by atoms with Crippen molar-refractivity contribution in [2.45, 2.75) is 92.7 Å². The van der Waals surface area contributed by atoms with Crippen LogP contribution in [0.25, 0.3) is 0 Å². The van der Waals surface area contributed by atoms with Crippen molar-refractivity contribution in [1.29, 1.82) is 0 Å². The zero-order chi connectivity index (χ0) is 28.4. The van der Waals surface area contributed by atoms with Crippen molar-refractivity contribution < 1.29 is 38.5 Å². The Labute approximate surface area is 220 Å². The molecule has 9 heteroatoms. The van der Waals surface area contributed by atoms with Crippen LogP contribution in [0.15, 0.2) is 18.2 Å². The fraction of sp³-hybridized carbons (Fsp3) is 0.643. The van der Waals surface area contributed by atoms with Gasteiger partial charge in [0.2, 0.25) is 0 Å². The van der Waals surface area contributed by atoms with E-state index in [0.717, 1.165) is 0 Å². The first-order chi connectivity index (χ1) is 17.2. The Hall–Kier alpha value is -2.94. The predicted octanol–water partition coefficient (Wildman–Crippen LogP) is 4.70. The summed E-state index contributed by atoms with van der Waals surface area (Å²) in [5, 5.41) is 9.74. The lowest BCUT2D eigenvalue weighted by Gasteiger charge is -2.32. The quantitative estimate of drug-likeness (QED) is 0.263. The molecule has 1 rings (SSSR count). The SMILES string of the molecule is CCC(C)C(=O)OC(C)C(C)C(c1ccc(OC(=O)CC(C)C)c(OC(=O)CC(C)C)c1)[C@H](N)C(=O)O. The number of benzene rings is 1. The third kappa shape index (κ3) is 10.1. The molecule has 0 heterocycles. The van der Waals surface area contributed by atoms with Gasteiger partial charge in [0, 0.05) is 24.7 Å². The molecule has 0 amide bonds. The number of carboxylic acids is 1. The molecular formula is C28H43NO8. The zero-order valence-electron chi connectivity index (χ0n) is 23.3. The molecule has 0 aliphatic rings. The summed E-state index contributed by atoms with van der Waals surface area (Å²) in [7, 11) is 0. The minimum atomic E-state index is -1.34. The van der Waals surface area contributed by atoms with Crippen LogP contribution in [-0.2, 0) is 23.9 Å². The highest BCUT2D eigenvalue weighted by atomic mass is 16.6. The Balaban J connectivity index is 3.46. The van der Waals surface area contributed by atoms with E-state index >= 15 is 0 Å². The summed E-state index contributed by atoms with van der Waals surface area (Å²) in [5.74, 6) is -4.06. The number of carboxylic acid groups (broad SMARTS) is 1. The Morgan fingerprint density at radius 3 is 1.84 bits per heavy atom. The van der Waals surface area contributed by atoms with Gasteiger partial charge in [-0.15, -0.1) is 0 Å². The van der Waals surface area contributed by atoms with Gasteiger partial charge < -0.3 is 25.1 Å². The van der Waals surface area contributed by atoms with Crippen molar-refractivity contribution >= 4 is 23.9 Å². The summed E-state index contributed by atoms with van der Waals surface area (Å²) in [6.07, 6.45) is 0.275. The molecule has 0 spiro atoms. The van der Waals surface area contributed by atoms with E-state index < -0.39 is 41.9 Å². The molecule has 0 aromatic heterocycles. The molecule has 0 saturated heterocycles. The van der Waals surface area contributed by atoms with E-state index in [4.69, 9.17) is 19.9 Å². The summed E-state index contributed by atoms with van der Waals surface area (Å²) in [4.78, 5) is 49.1. The van der Waals surface area contributed by atoms with Crippen LogP contribution in [0.1, 0.15) is 86.1 Å². The summed E-state index contributed by atoms with van der Waals surface area (Å²) in [5.41, 5.74) is 6.55. The van der Waals surface area contributed by atoms with Gasteiger partial charge in [-0.05, 0) is 42.9 Å². The maximum Gasteiger partial charge on any atom is 0.321 e. The van der Waals surface area contributed by atoms with Gasteiger partial charge >= 0.3 is 23.9 Å². The minimum absolute atomic E-state index is 0.000650. The predicted molar refractivity (Wildman–Crippen MR) is 139 cm³/mol. The molecule has 1 aromatic rings. The molecule has 0 fully saturated rings. The number of esters is 3. The average Bonchev–Trinajstić information content (AvgIpc) is 2.78. The van der Waals surface area contributed by atoms with Crippen LogP contribution in [-0.4, -0.2) is 41.1 Å². The first-order valence-electron chi connectivity index (χ1n) is 12.9. The van der Waals surface area contributed by atoms with Crippen LogP contribution in [0.4, 0.5) is 0 Å². The van der Waals surface area contributed by atoms with E-state index in [9.17, 15) is 24.3 Å². The Bertz CT molecular complexity index is 942. The van der Waals surface area contributed by atoms with Crippen molar-refractivity contribution in [2.24, 2.45) is 29.4 Å². The highest BCUT2D eigenvalue weighted by Gasteiger charge is 2.36. The van der Waals surface area contributed by atoms with Crippen LogP contribution >= 0.6 is 0 Å². The second-order valence-corrected chi connectivity index (χ2v) is 10.6. The van der Waals surface area contributed by atoms with Gasteiger partial charge in [-0.1, -0.05) is 54.5 Å². The lowest BCUT2D eigenvalue weighted by atomic mass is 9.79. The highest BCUT2D eigenvalue weighted by molar-refractivity contribution is 5.77. The molecule has 0 saturated carbocycles. The van der Waals surface area contributed by atoms with E-state index in [1.807, 2.05) is 34.6 Å². The first kappa shape index (κ1) is 32.1. The molecule has 0 radical (unpaired) electrons. The number of ether oxygens (including phenoxy) is 3. The van der Waals surface area contributed by atoms with Crippen molar-refractivity contribution in [3.05, 3.63) is 23.8 Å². The lowest BCUT2D eigenvalue weighted by Crippen LogP contribution is -2.43. The fourth-order valence-electron chi connectivity index (χ4n) is 3.75. The van der Waals surface area contributed by atoms with E-state index in [-0.39, 0.29) is 48.1 Å². The normalized spacial score (nSPS) is 15.4. The molecule has 0 bridgehead atoms. The molecule has 3 N–H and O–H groups in total.